The van der Waals surface area contributed by atoms with Crippen LogP contribution in [0.15, 0.2) is 54.1 Å². The molecular formula is C17H14N2O2. The minimum absolute atomic E-state index is 0.0258. The third-order valence-electron chi connectivity index (χ3n) is 2.82. The minimum atomic E-state index is -0.480. The summed E-state index contributed by atoms with van der Waals surface area (Å²) in [5.74, 6) is -0.397. The highest BCUT2D eigenvalue weighted by Crippen LogP contribution is 2.15. The van der Waals surface area contributed by atoms with Crippen molar-refractivity contribution >= 4 is 17.7 Å². The van der Waals surface area contributed by atoms with Crippen molar-refractivity contribution in [1.82, 2.24) is 0 Å². The number of hydrogen-bond acceptors (Lipinski definition) is 3. The molecule has 1 amide bonds. The summed E-state index contributed by atoms with van der Waals surface area (Å²) in [6.45, 7) is 1.92. The second-order valence-electron chi connectivity index (χ2n) is 4.59. The molecule has 2 N–H and O–H groups in total. The van der Waals surface area contributed by atoms with Crippen LogP contribution in [0.2, 0.25) is 0 Å². The van der Waals surface area contributed by atoms with Crippen LogP contribution in [0.3, 0.4) is 0 Å². The van der Waals surface area contributed by atoms with Crippen LogP contribution >= 0.6 is 0 Å². The van der Waals surface area contributed by atoms with Gasteiger partial charge in [-0.15, -0.1) is 0 Å². The molecule has 4 nitrogen and oxygen atoms in total. The van der Waals surface area contributed by atoms with Gasteiger partial charge in [-0.2, -0.15) is 5.26 Å². The van der Waals surface area contributed by atoms with E-state index >= 15 is 0 Å². The number of aromatic hydroxyl groups is 1. The maximum Gasteiger partial charge on any atom is 0.266 e. The van der Waals surface area contributed by atoms with Gasteiger partial charge in [0.05, 0.1) is 0 Å². The first kappa shape index (κ1) is 14.4. The highest BCUT2D eigenvalue weighted by atomic mass is 16.3. The Hall–Kier alpha value is -3.06. The quantitative estimate of drug-likeness (QED) is 0.668. The van der Waals surface area contributed by atoms with E-state index in [9.17, 15) is 9.90 Å². The summed E-state index contributed by atoms with van der Waals surface area (Å²) in [7, 11) is 0. The highest BCUT2D eigenvalue weighted by molar-refractivity contribution is 6.09. The Morgan fingerprint density at radius 2 is 2.00 bits per heavy atom. The van der Waals surface area contributed by atoms with E-state index in [1.54, 1.807) is 18.2 Å². The first-order valence-electron chi connectivity index (χ1n) is 6.37. The van der Waals surface area contributed by atoms with Gasteiger partial charge in [0, 0.05) is 5.69 Å². The minimum Gasteiger partial charge on any atom is -0.508 e. The van der Waals surface area contributed by atoms with Crippen LogP contribution in [0.25, 0.3) is 6.08 Å². The molecule has 0 atom stereocenters. The molecule has 0 fully saturated rings. The number of phenols is 1. The predicted molar refractivity (Wildman–Crippen MR) is 81.5 cm³/mol. The molecular weight excluding hydrogens is 264 g/mol. The lowest BCUT2D eigenvalue weighted by molar-refractivity contribution is -0.112. The van der Waals surface area contributed by atoms with Crippen LogP contribution < -0.4 is 5.32 Å². The zero-order chi connectivity index (χ0) is 15.2. The number of nitriles is 1. The van der Waals surface area contributed by atoms with Crippen LogP contribution in [0.5, 0.6) is 5.75 Å². The molecule has 0 spiro atoms. The molecule has 2 rings (SSSR count). The molecule has 0 aromatic heterocycles. The SMILES string of the molecule is Cc1cccc(NC(=O)/C(C#N)=C\c2cccc(O)c2)c1. The number of anilines is 1. The molecule has 0 bridgehead atoms. The van der Waals surface area contributed by atoms with Gasteiger partial charge in [0.2, 0.25) is 0 Å². The van der Waals surface area contributed by atoms with E-state index in [1.165, 1.54) is 18.2 Å². The smallest absolute Gasteiger partial charge is 0.266 e. The lowest BCUT2D eigenvalue weighted by Crippen LogP contribution is -2.13. The highest BCUT2D eigenvalue weighted by Gasteiger charge is 2.09. The molecule has 4 heteroatoms. The van der Waals surface area contributed by atoms with Gasteiger partial charge >= 0.3 is 0 Å². The third kappa shape index (κ3) is 3.95. The monoisotopic (exact) mass is 278 g/mol. The van der Waals surface area contributed by atoms with Crippen LogP contribution in [-0.2, 0) is 4.79 Å². The van der Waals surface area contributed by atoms with Gasteiger partial charge in [0.1, 0.15) is 17.4 Å². The number of amides is 1. The van der Waals surface area contributed by atoms with Crippen molar-refractivity contribution in [2.24, 2.45) is 0 Å². The van der Waals surface area contributed by atoms with E-state index in [0.29, 0.717) is 11.3 Å². The molecule has 0 unspecified atom stereocenters. The average Bonchev–Trinajstić information content (AvgIpc) is 2.44. The molecule has 21 heavy (non-hydrogen) atoms. The lowest BCUT2D eigenvalue weighted by Gasteiger charge is -2.05. The van der Waals surface area contributed by atoms with Crippen LogP contribution in [-0.4, -0.2) is 11.0 Å². The van der Waals surface area contributed by atoms with E-state index in [1.807, 2.05) is 31.2 Å². The lowest BCUT2D eigenvalue weighted by atomic mass is 10.1. The number of rotatable bonds is 3. The van der Waals surface area contributed by atoms with Gasteiger partial charge < -0.3 is 10.4 Å². The summed E-state index contributed by atoms with van der Waals surface area (Å²) < 4.78 is 0. The van der Waals surface area contributed by atoms with E-state index in [-0.39, 0.29) is 11.3 Å². The van der Waals surface area contributed by atoms with Gasteiger partial charge in [-0.05, 0) is 48.4 Å². The Bertz CT molecular complexity index is 742. The molecule has 0 aliphatic heterocycles. The summed E-state index contributed by atoms with van der Waals surface area (Å²) in [6.07, 6.45) is 1.44. The number of carbonyl (C=O) groups is 1. The number of benzene rings is 2. The molecule has 0 saturated heterocycles. The Kier molecular flexibility index (Phi) is 4.37. The van der Waals surface area contributed by atoms with Crippen LogP contribution in [0.1, 0.15) is 11.1 Å². The summed E-state index contributed by atoms with van der Waals surface area (Å²) in [5, 5.41) is 21.2. The van der Waals surface area contributed by atoms with E-state index < -0.39 is 5.91 Å². The Labute approximate surface area is 123 Å². The Morgan fingerprint density at radius 3 is 2.67 bits per heavy atom. The van der Waals surface area contributed by atoms with Gasteiger partial charge in [0.15, 0.2) is 0 Å². The van der Waals surface area contributed by atoms with Crippen molar-refractivity contribution in [3.63, 3.8) is 0 Å². The fourth-order valence-corrected chi connectivity index (χ4v) is 1.85. The molecule has 104 valence electrons. The molecule has 2 aromatic carbocycles. The van der Waals surface area contributed by atoms with Crippen molar-refractivity contribution in [3.8, 4) is 11.8 Å². The van der Waals surface area contributed by atoms with Crippen molar-refractivity contribution in [2.75, 3.05) is 5.32 Å². The molecule has 0 aliphatic rings. The van der Waals surface area contributed by atoms with Crippen molar-refractivity contribution in [1.29, 1.82) is 5.26 Å². The standard InChI is InChI=1S/C17H14N2O2/c1-12-4-2-6-15(8-12)19-17(21)14(11-18)9-13-5-3-7-16(20)10-13/h2-10,20H,1H3,(H,19,21)/b14-9-. The first-order valence-corrected chi connectivity index (χ1v) is 6.37. The molecule has 0 saturated carbocycles. The summed E-state index contributed by atoms with van der Waals surface area (Å²) in [4.78, 5) is 12.1. The zero-order valence-electron chi connectivity index (χ0n) is 11.5. The number of phenolic OH excluding ortho intramolecular Hbond substituents is 1. The fraction of sp³-hybridized carbons (Fsp3) is 0.0588. The number of aryl methyl sites for hydroxylation is 1. The average molecular weight is 278 g/mol. The largest absolute Gasteiger partial charge is 0.508 e. The van der Waals surface area contributed by atoms with Crippen molar-refractivity contribution < 1.29 is 9.90 Å². The summed E-state index contributed by atoms with van der Waals surface area (Å²) >= 11 is 0. The second kappa shape index (κ2) is 6.40. The van der Waals surface area contributed by atoms with E-state index in [2.05, 4.69) is 5.32 Å². The third-order valence-corrected chi connectivity index (χ3v) is 2.82. The summed E-state index contributed by atoms with van der Waals surface area (Å²) in [6, 6.07) is 15.6. The Morgan fingerprint density at radius 1 is 1.24 bits per heavy atom. The second-order valence-corrected chi connectivity index (χ2v) is 4.59. The Balaban J connectivity index is 2.21. The normalized spacial score (nSPS) is 10.8. The van der Waals surface area contributed by atoms with Crippen molar-refractivity contribution in [3.05, 3.63) is 65.2 Å². The molecule has 0 radical (unpaired) electrons. The van der Waals surface area contributed by atoms with Gasteiger partial charge in [-0.1, -0.05) is 24.3 Å². The predicted octanol–water partition coefficient (Wildman–Crippen LogP) is 3.25. The first-order chi connectivity index (χ1) is 10.1. The number of hydrogen-bond donors (Lipinski definition) is 2. The number of nitrogens with one attached hydrogen (secondary N) is 1. The topological polar surface area (TPSA) is 73.1 Å². The fourth-order valence-electron chi connectivity index (χ4n) is 1.85. The van der Waals surface area contributed by atoms with Gasteiger partial charge in [0.25, 0.3) is 5.91 Å². The van der Waals surface area contributed by atoms with Gasteiger partial charge in [-0.3, -0.25) is 4.79 Å². The molecule has 0 aliphatic carbocycles. The zero-order valence-corrected chi connectivity index (χ0v) is 11.5. The maximum absolute atomic E-state index is 12.1. The number of carbonyl (C=O) groups excluding carboxylic acids is 1. The van der Waals surface area contributed by atoms with E-state index in [4.69, 9.17) is 5.26 Å². The van der Waals surface area contributed by atoms with Crippen molar-refractivity contribution in [2.45, 2.75) is 6.92 Å². The molecule has 0 heterocycles. The van der Waals surface area contributed by atoms with E-state index in [0.717, 1.165) is 5.56 Å². The van der Waals surface area contributed by atoms with Crippen LogP contribution in [0.4, 0.5) is 5.69 Å². The maximum atomic E-state index is 12.1. The van der Waals surface area contributed by atoms with Gasteiger partial charge in [-0.25, -0.2) is 0 Å². The summed E-state index contributed by atoms with van der Waals surface area (Å²) in [5.41, 5.74) is 2.22. The van der Waals surface area contributed by atoms with Crippen LogP contribution in [0, 0.1) is 18.3 Å². The number of nitrogens with zero attached hydrogens (tertiary/aromatic N) is 1. The molecule has 2 aromatic rings.